The first-order valence-electron chi connectivity index (χ1n) is 7.16. The van der Waals surface area contributed by atoms with Gasteiger partial charge in [-0.05, 0) is 37.0 Å². The highest BCUT2D eigenvalue weighted by molar-refractivity contribution is 5.69. The summed E-state index contributed by atoms with van der Waals surface area (Å²) in [5.74, 6) is 0.0327. The van der Waals surface area contributed by atoms with Crippen LogP contribution >= 0.6 is 0 Å². The Morgan fingerprint density at radius 3 is 2.70 bits per heavy atom. The molecule has 2 heterocycles. The average molecular weight is 306 g/mol. The molecule has 2 aromatic heterocycles. The number of H-pyrrole nitrogens is 1. The Labute approximate surface area is 131 Å². The highest BCUT2D eigenvalue weighted by Gasteiger charge is 2.06. The molecule has 1 aromatic carbocycles. The molecule has 7 nitrogen and oxygen atoms in total. The molecule has 23 heavy (non-hydrogen) atoms. The number of nitriles is 1. The molecule has 3 rings (SSSR count). The molecule has 0 fully saturated rings. The lowest BCUT2D eigenvalue weighted by Crippen LogP contribution is -2.14. The highest BCUT2D eigenvalue weighted by Crippen LogP contribution is 2.09. The Morgan fingerprint density at radius 2 is 1.96 bits per heavy atom. The van der Waals surface area contributed by atoms with Crippen LogP contribution in [0.15, 0.2) is 35.3 Å². The minimum Gasteiger partial charge on any atom is -0.369 e. The van der Waals surface area contributed by atoms with Crippen molar-refractivity contribution in [1.82, 2.24) is 19.9 Å². The van der Waals surface area contributed by atoms with E-state index in [2.05, 4.69) is 26.0 Å². The lowest BCUT2D eigenvalue weighted by molar-refractivity contribution is 0.797. The molecule has 114 valence electrons. The number of nitrogen functional groups attached to an aromatic ring is 1. The Balaban J connectivity index is 1.69. The van der Waals surface area contributed by atoms with Crippen molar-refractivity contribution in [3.8, 4) is 6.07 Å². The van der Waals surface area contributed by atoms with Crippen LogP contribution in [-0.2, 0) is 12.8 Å². The topological polar surface area (TPSA) is 121 Å². The van der Waals surface area contributed by atoms with Gasteiger partial charge in [0.05, 0.1) is 23.5 Å². The molecular weight excluding hydrogens is 292 g/mol. The number of nitrogens with two attached hydrogens (primary N) is 1. The summed E-state index contributed by atoms with van der Waals surface area (Å²) in [6, 6.07) is 9.60. The molecule has 0 spiro atoms. The molecule has 0 aliphatic carbocycles. The van der Waals surface area contributed by atoms with Gasteiger partial charge in [-0.3, -0.25) is 9.78 Å². The second kappa shape index (κ2) is 6.23. The van der Waals surface area contributed by atoms with E-state index >= 15 is 0 Å². The zero-order chi connectivity index (χ0) is 16.2. The molecule has 0 saturated heterocycles. The van der Waals surface area contributed by atoms with Crippen LogP contribution in [0.2, 0.25) is 0 Å². The number of rotatable bonds is 4. The fourth-order valence-electron chi connectivity index (χ4n) is 2.31. The standard InChI is InChI=1S/C16H14N6O/c17-8-11-6-4-10(5-7-11)2-1-3-12-9-19-14-13(20-12)15(23)22-16(18)21-14/h4-7,9H,1-3H2,(H3,18,19,21,22,23). The van der Waals surface area contributed by atoms with E-state index in [0.29, 0.717) is 12.0 Å². The van der Waals surface area contributed by atoms with Crippen molar-refractivity contribution in [2.75, 3.05) is 5.73 Å². The van der Waals surface area contributed by atoms with Gasteiger partial charge in [-0.1, -0.05) is 12.1 Å². The molecule has 0 atom stereocenters. The number of nitrogens with one attached hydrogen (secondary N) is 1. The van der Waals surface area contributed by atoms with Crippen molar-refractivity contribution in [3.05, 3.63) is 57.6 Å². The number of hydrogen-bond donors (Lipinski definition) is 2. The van der Waals surface area contributed by atoms with Gasteiger partial charge >= 0.3 is 0 Å². The van der Waals surface area contributed by atoms with Crippen LogP contribution in [-0.4, -0.2) is 19.9 Å². The molecule has 3 aromatic rings. The molecule has 0 radical (unpaired) electrons. The van der Waals surface area contributed by atoms with Crippen LogP contribution in [0, 0.1) is 11.3 Å². The van der Waals surface area contributed by atoms with Crippen molar-refractivity contribution in [3.63, 3.8) is 0 Å². The first kappa shape index (κ1) is 14.7. The van der Waals surface area contributed by atoms with Gasteiger partial charge in [0.15, 0.2) is 11.2 Å². The number of anilines is 1. The van der Waals surface area contributed by atoms with E-state index in [1.54, 1.807) is 18.3 Å². The van der Waals surface area contributed by atoms with Crippen LogP contribution in [0.3, 0.4) is 0 Å². The number of aromatic amines is 1. The summed E-state index contributed by atoms with van der Waals surface area (Å²) in [6.45, 7) is 0. The molecule has 0 aliphatic rings. The molecule has 0 amide bonds. The number of nitrogens with zero attached hydrogens (tertiary/aromatic N) is 4. The molecule has 7 heteroatoms. The van der Waals surface area contributed by atoms with Gasteiger partial charge in [0, 0.05) is 0 Å². The second-order valence-electron chi connectivity index (χ2n) is 5.15. The number of fused-ring (bicyclic) bond motifs is 1. The first-order valence-corrected chi connectivity index (χ1v) is 7.16. The number of aryl methyl sites for hydroxylation is 2. The highest BCUT2D eigenvalue weighted by atomic mass is 16.1. The molecular formula is C16H14N6O. The summed E-state index contributed by atoms with van der Waals surface area (Å²) in [4.78, 5) is 26.6. The van der Waals surface area contributed by atoms with E-state index in [4.69, 9.17) is 11.0 Å². The number of aromatic nitrogens is 4. The molecule has 0 aliphatic heterocycles. The molecule has 3 N–H and O–H groups in total. The van der Waals surface area contributed by atoms with Crippen LogP contribution < -0.4 is 11.3 Å². The minimum atomic E-state index is -0.381. The maximum atomic E-state index is 11.8. The lowest BCUT2D eigenvalue weighted by atomic mass is 10.1. The minimum absolute atomic E-state index is 0.0327. The van der Waals surface area contributed by atoms with Crippen LogP contribution in [0.4, 0.5) is 5.95 Å². The fourth-order valence-corrected chi connectivity index (χ4v) is 2.31. The van der Waals surface area contributed by atoms with E-state index < -0.39 is 0 Å². The van der Waals surface area contributed by atoms with Crippen molar-refractivity contribution >= 4 is 17.1 Å². The van der Waals surface area contributed by atoms with Crippen LogP contribution in [0.5, 0.6) is 0 Å². The fraction of sp³-hybridized carbons (Fsp3) is 0.188. The smallest absolute Gasteiger partial charge is 0.280 e. The van der Waals surface area contributed by atoms with Crippen molar-refractivity contribution < 1.29 is 0 Å². The van der Waals surface area contributed by atoms with Crippen molar-refractivity contribution in [2.45, 2.75) is 19.3 Å². The Morgan fingerprint density at radius 1 is 1.17 bits per heavy atom. The van der Waals surface area contributed by atoms with Gasteiger partial charge in [0.2, 0.25) is 5.95 Å². The number of hydrogen-bond acceptors (Lipinski definition) is 6. The number of benzene rings is 1. The summed E-state index contributed by atoms with van der Waals surface area (Å²) in [5.41, 5.74) is 8.10. The summed E-state index contributed by atoms with van der Waals surface area (Å²) in [7, 11) is 0. The second-order valence-corrected chi connectivity index (χ2v) is 5.15. The average Bonchev–Trinajstić information content (AvgIpc) is 2.56. The predicted molar refractivity (Wildman–Crippen MR) is 85.5 cm³/mol. The molecule has 0 unspecified atom stereocenters. The van der Waals surface area contributed by atoms with Gasteiger partial charge in [-0.15, -0.1) is 0 Å². The van der Waals surface area contributed by atoms with E-state index in [1.807, 2.05) is 12.1 Å². The summed E-state index contributed by atoms with van der Waals surface area (Å²) in [6.07, 6.45) is 4.05. The maximum Gasteiger partial charge on any atom is 0.280 e. The third kappa shape index (κ3) is 3.32. The van der Waals surface area contributed by atoms with Crippen molar-refractivity contribution in [1.29, 1.82) is 5.26 Å². The summed E-state index contributed by atoms with van der Waals surface area (Å²) < 4.78 is 0. The Kier molecular flexibility index (Phi) is 3.97. The van der Waals surface area contributed by atoms with E-state index in [1.165, 1.54) is 0 Å². The maximum absolute atomic E-state index is 11.8. The third-order valence-electron chi connectivity index (χ3n) is 3.47. The quantitative estimate of drug-likeness (QED) is 0.750. The van der Waals surface area contributed by atoms with Crippen LogP contribution in [0.1, 0.15) is 23.2 Å². The van der Waals surface area contributed by atoms with E-state index in [9.17, 15) is 4.79 Å². The van der Waals surface area contributed by atoms with Gasteiger partial charge in [0.25, 0.3) is 5.56 Å². The molecule has 0 bridgehead atoms. The SMILES string of the molecule is N#Cc1ccc(CCCc2cnc3nc(N)[nH]c(=O)c3n2)cc1. The van der Waals surface area contributed by atoms with E-state index in [-0.39, 0.29) is 22.7 Å². The van der Waals surface area contributed by atoms with E-state index in [0.717, 1.165) is 24.1 Å². The van der Waals surface area contributed by atoms with Crippen LogP contribution in [0.25, 0.3) is 11.2 Å². The third-order valence-corrected chi connectivity index (χ3v) is 3.47. The normalized spacial score (nSPS) is 10.6. The van der Waals surface area contributed by atoms with Gasteiger partial charge in [0.1, 0.15) is 0 Å². The Hall–Kier alpha value is -3.27. The van der Waals surface area contributed by atoms with Gasteiger partial charge in [-0.25, -0.2) is 9.97 Å². The van der Waals surface area contributed by atoms with Crippen molar-refractivity contribution in [2.24, 2.45) is 0 Å². The summed E-state index contributed by atoms with van der Waals surface area (Å²) in [5, 5.41) is 8.77. The van der Waals surface area contributed by atoms with Gasteiger partial charge < -0.3 is 5.73 Å². The monoisotopic (exact) mass is 306 g/mol. The lowest BCUT2D eigenvalue weighted by Gasteiger charge is -2.03. The Bertz CT molecular complexity index is 939. The van der Waals surface area contributed by atoms with Gasteiger partial charge in [-0.2, -0.15) is 10.2 Å². The molecule has 0 saturated carbocycles. The zero-order valence-corrected chi connectivity index (χ0v) is 12.3. The largest absolute Gasteiger partial charge is 0.369 e. The first-order chi connectivity index (χ1) is 11.2. The zero-order valence-electron chi connectivity index (χ0n) is 12.3. The predicted octanol–water partition coefficient (Wildman–Crippen LogP) is 1.34. The summed E-state index contributed by atoms with van der Waals surface area (Å²) >= 11 is 0.